The maximum absolute atomic E-state index is 10.4. The van der Waals surface area contributed by atoms with Gasteiger partial charge < -0.3 is 9.52 Å². The number of aryl methyl sites for hydroxylation is 2. The molecule has 98 valence electrons. The molecular weight excluding hydrogens is 240 g/mol. The normalized spacial score (nSPS) is 13.0. The predicted octanol–water partition coefficient (Wildman–Crippen LogP) is 2.75. The van der Waals surface area contributed by atoms with Gasteiger partial charge in [0.05, 0.1) is 18.1 Å². The van der Waals surface area contributed by atoms with Crippen LogP contribution >= 0.6 is 0 Å². The summed E-state index contributed by atoms with van der Waals surface area (Å²) in [6.07, 6.45) is 1.58. The van der Waals surface area contributed by atoms with Crippen LogP contribution in [0.5, 0.6) is 0 Å². The Hall–Kier alpha value is -2.07. The van der Waals surface area contributed by atoms with Crippen molar-refractivity contribution >= 4 is 11.0 Å². The molecule has 4 nitrogen and oxygen atoms in total. The minimum Gasteiger partial charge on any atom is -0.464 e. The van der Waals surface area contributed by atoms with Crippen LogP contribution in [-0.2, 0) is 13.5 Å². The summed E-state index contributed by atoms with van der Waals surface area (Å²) in [5, 5.41) is 15.6. The molecule has 19 heavy (non-hydrogen) atoms. The van der Waals surface area contributed by atoms with Gasteiger partial charge in [0.25, 0.3) is 0 Å². The molecule has 0 aliphatic carbocycles. The number of aliphatic hydroxyl groups is 1. The molecule has 2 aromatic heterocycles. The summed E-state index contributed by atoms with van der Waals surface area (Å²) in [6.45, 7) is 1.95. The standard InChI is InChI=1S/C15H16N2O2/c1-10-7-11(17(2)16-10)8-14(18)13-9-19-15-6-4-3-5-12(13)15/h3-7,9,14,18H,8H2,1-2H3. The fourth-order valence-electron chi connectivity index (χ4n) is 2.42. The number of aliphatic hydroxyl groups excluding tert-OH is 1. The van der Waals surface area contributed by atoms with Gasteiger partial charge in [0.15, 0.2) is 0 Å². The Kier molecular flexibility index (Phi) is 2.87. The Morgan fingerprint density at radius 3 is 2.89 bits per heavy atom. The highest BCUT2D eigenvalue weighted by atomic mass is 16.3. The molecule has 0 aliphatic heterocycles. The molecule has 0 amide bonds. The first-order chi connectivity index (χ1) is 9.15. The molecule has 0 aliphatic rings. The highest BCUT2D eigenvalue weighted by molar-refractivity contribution is 5.81. The van der Waals surface area contributed by atoms with Gasteiger partial charge in [-0.1, -0.05) is 18.2 Å². The molecule has 0 fully saturated rings. The minimum absolute atomic E-state index is 0.529. The van der Waals surface area contributed by atoms with Crippen molar-refractivity contribution in [3.8, 4) is 0 Å². The van der Waals surface area contributed by atoms with Gasteiger partial charge in [0, 0.05) is 30.1 Å². The number of furan rings is 1. The quantitative estimate of drug-likeness (QED) is 0.784. The third kappa shape index (κ3) is 2.15. The first-order valence-corrected chi connectivity index (χ1v) is 6.29. The number of hydrogen-bond acceptors (Lipinski definition) is 3. The monoisotopic (exact) mass is 256 g/mol. The van der Waals surface area contributed by atoms with Crippen molar-refractivity contribution in [3.63, 3.8) is 0 Å². The van der Waals surface area contributed by atoms with E-state index in [-0.39, 0.29) is 0 Å². The summed E-state index contributed by atoms with van der Waals surface area (Å²) in [7, 11) is 1.89. The van der Waals surface area contributed by atoms with Crippen molar-refractivity contribution in [2.75, 3.05) is 0 Å². The van der Waals surface area contributed by atoms with Crippen LogP contribution in [0.15, 0.2) is 41.0 Å². The molecule has 0 radical (unpaired) electrons. The molecule has 0 spiro atoms. The summed E-state index contributed by atoms with van der Waals surface area (Å²) in [6, 6.07) is 9.73. The predicted molar refractivity (Wildman–Crippen MR) is 72.8 cm³/mol. The van der Waals surface area contributed by atoms with Gasteiger partial charge in [-0.2, -0.15) is 5.10 Å². The molecule has 0 bridgehead atoms. The van der Waals surface area contributed by atoms with E-state index in [0.29, 0.717) is 6.42 Å². The van der Waals surface area contributed by atoms with E-state index in [0.717, 1.165) is 27.9 Å². The van der Waals surface area contributed by atoms with E-state index >= 15 is 0 Å². The van der Waals surface area contributed by atoms with Crippen molar-refractivity contribution in [2.45, 2.75) is 19.4 Å². The van der Waals surface area contributed by atoms with E-state index in [4.69, 9.17) is 4.42 Å². The Morgan fingerprint density at radius 2 is 2.16 bits per heavy atom. The van der Waals surface area contributed by atoms with E-state index in [1.807, 2.05) is 44.3 Å². The third-order valence-corrected chi connectivity index (χ3v) is 3.37. The number of rotatable bonds is 3. The third-order valence-electron chi connectivity index (χ3n) is 3.37. The van der Waals surface area contributed by atoms with E-state index in [1.54, 1.807) is 10.9 Å². The zero-order chi connectivity index (χ0) is 13.4. The van der Waals surface area contributed by atoms with Gasteiger partial charge >= 0.3 is 0 Å². The number of hydrogen-bond donors (Lipinski definition) is 1. The maximum atomic E-state index is 10.4. The van der Waals surface area contributed by atoms with Gasteiger partial charge in [-0.25, -0.2) is 0 Å². The van der Waals surface area contributed by atoms with Crippen LogP contribution in [0.4, 0.5) is 0 Å². The summed E-state index contributed by atoms with van der Waals surface area (Å²) in [5.74, 6) is 0. The number of fused-ring (bicyclic) bond motifs is 1. The van der Waals surface area contributed by atoms with E-state index in [9.17, 15) is 5.11 Å². The van der Waals surface area contributed by atoms with Crippen LogP contribution in [0.1, 0.15) is 23.1 Å². The van der Waals surface area contributed by atoms with Crippen molar-refractivity contribution in [3.05, 3.63) is 53.5 Å². The van der Waals surface area contributed by atoms with E-state index < -0.39 is 6.10 Å². The fourth-order valence-corrected chi connectivity index (χ4v) is 2.42. The van der Waals surface area contributed by atoms with Crippen LogP contribution in [0.2, 0.25) is 0 Å². The van der Waals surface area contributed by atoms with Gasteiger partial charge in [-0.05, 0) is 19.1 Å². The Bertz CT molecular complexity index is 712. The first kappa shape index (κ1) is 12.0. The SMILES string of the molecule is Cc1cc(CC(O)c2coc3ccccc23)n(C)n1. The Labute approximate surface area is 111 Å². The average molecular weight is 256 g/mol. The van der Waals surface area contributed by atoms with Crippen LogP contribution < -0.4 is 0 Å². The van der Waals surface area contributed by atoms with Gasteiger partial charge in [0.2, 0.25) is 0 Å². The topological polar surface area (TPSA) is 51.2 Å². The van der Waals surface area contributed by atoms with Gasteiger partial charge in [-0.3, -0.25) is 4.68 Å². The van der Waals surface area contributed by atoms with Crippen LogP contribution in [0.3, 0.4) is 0 Å². The highest BCUT2D eigenvalue weighted by Gasteiger charge is 2.16. The lowest BCUT2D eigenvalue weighted by Gasteiger charge is -2.09. The second kappa shape index (κ2) is 4.55. The van der Waals surface area contributed by atoms with Gasteiger partial charge in [0.1, 0.15) is 5.58 Å². The molecule has 4 heteroatoms. The molecule has 1 atom stereocenters. The number of benzene rings is 1. The largest absolute Gasteiger partial charge is 0.464 e. The molecule has 1 N–H and O–H groups in total. The molecular formula is C15H16N2O2. The van der Waals surface area contributed by atoms with Crippen molar-refractivity contribution in [2.24, 2.45) is 7.05 Å². The summed E-state index contributed by atoms with van der Waals surface area (Å²) < 4.78 is 7.27. The lowest BCUT2D eigenvalue weighted by Crippen LogP contribution is -2.06. The smallest absolute Gasteiger partial charge is 0.134 e. The average Bonchev–Trinajstić information content (AvgIpc) is 2.93. The summed E-state index contributed by atoms with van der Waals surface area (Å²) in [5.41, 5.74) is 3.60. The number of aromatic nitrogens is 2. The first-order valence-electron chi connectivity index (χ1n) is 6.29. The van der Waals surface area contributed by atoms with Crippen molar-refractivity contribution < 1.29 is 9.52 Å². The second-order valence-corrected chi connectivity index (χ2v) is 4.81. The lowest BCUT2D eigenvalue weighted by atomic mass is 10.0. The van der Waals surface area contributed by atoms with Gasteiger partial charge in [-0.15, -0.1) is 0 Å². The van der Waals surface area contributed by atoms with Crippen LogP contribution in [-0.4, -0.2) is 14.9 Å². The molecule has 3 rings (SSSR count). The van der Waals surface area contributed by atoms with Crippen LogP contribution in [0, 0.1) is 6.92 Å². The van der Waals surface area contributed by atoms with Crippen molar-refractivity contribution in [1.29, 1.82) is 0 Å². The molecule has 0 saturated heterocycles. The Morgan fingerprint density at radius 1 is 1.37 bits per heavy atom. The molecule has 1 aromatic carbocycles. The summed E-state index contributed by atoms with van der Waals surface area (Å²) >= 11 is 0. The molecule has 1 unspecified atom stereocenters. The minimum atomic E-state index is -0.585. The lowest BCUT2D eigenvalue weighted by molar-refractivity contribution is 0.176. The highest BCUT2D eigenvalue weighted by Crippen LogP contribution is 2.28. The zero-order valence-corrected chi connectivity index (χ0v) is 11.0. The maximum Gasteiger partial charge on any atom is 0.134 e. The summed E-state index contributed by atoms with van der Waals surface area (Å²) in [4.78, 5) is 0. The number of nitrogens with zero attached hydrogens (tertiary/aromatic N) is 2. The van der Waals surface area contributed by atoms with E-state index in [1.165, 1.54) is 0 Å². The van der Waals surface area contributed by atoms with Crippen molar-refractivity contribution in [1.82, 2.24) is 9.78 Å². The fraction of sp³-hybridized carbons (Fsp3) is 0.267. The zero-order valence-electron chi connectivity index (χ0n) is 11.0. The van der Waals surface area contributed by atoms with Crippen LogP contribution in [0.25, 0.3) is 11.0 Å². The molecule has 0 saturated carbocycles. The molecule has 3 aromatic rings. The second-order valence-electron chi connectivity index (χ2n) is 4.81. The molecule has 2 heterocycles. The van der Waals surface area contributed by atoms with E-state index in [2.05, 4.69) is 5.10 Å². The number of para-hydroxylation sites is 1. The Balaban J connectivity index is 1.92.